The first-order valence-electron chi connectivity index (χ1n) is 6.27. The molecule has 104 valence electrons. The zero-order valence-corrected chi connectivity index (χ0v) is 11.3. The molecule has 0 radical (unpaired) electrons. The Balaban J connectivity index is 2.04. The Labute approximate surface area is 117 Å². The van der Waals surface area contributed by atoms with Gasteiger partial charge in [0.15, 0.2) is 0 Å². The van der Waals surface area contributed by atoms with Crippen molar-refractivity contribution in [1.29, 1.82) is 5.41 Å². The van der Waals surface area contributed by atoms with Gasteiger partial charge in [-0.25, -0.2) is 4.39 Å². The highest BCUT2D eigenvalue weighted by atomic mass is 19.1. The van der Waals surface area contributed by atoms with Gasteiger partial charge in [0.05, 0.1) is 5.69 Å². The Kier molecular flexibility index (Phi) is 4.42. The Morgan fingerprint density at radius 3 is 2.70 bits per heavy atom. The molecule has 0 aliphatic carbocycles. The fourth-order valence-corrected chi connectivity index (χ4v) is 1.96. The van der Waals surface area contributed by atoms with Gasteiger partial charge in [-0.3, -0.25) is 15.3 Å². The third-order valence-electron chi connectivity index (χ3n) is 2.96. The summed E-state index contributed by atoms with van der Waals surface area (Å²) in [6, 6.07) is 10.4. The minimum Gasteiger partial charge on any atom is -0.384 e. The fourth-order valence-electron chi connectivity index (χ4n) is 1.96. The van der Waals surface area contributed by atoms with Crippen molar-refractivity contribution < 1.29 is 4.39 Å². The Hall–Kier alpha value is -2.27. The number of nitrogens with zero attached hydrogens (tertiary/aromatic N) is 2. The Bertz CT molecular complexity index is 598. The van der Waals surface area contributed by atoms with Crippen LogP contribution >= 0.6 is 0 Å². The number of benzene rings is 1. The topological polar surface area (TPSA) is 66.0 Å². The van der Waals surface area contributed by atoms with E-state index in [1.807, 2.05) is 30.1 Å². The molecule has 0 saturated carbocycles. The van der Waals surface area contributed by atoms with Gasteiger partial charge in [0, 0.05) is 30.4 Å². The molecule has 4 nitrogen and oxygen atoms in total. The summed E-state index contributed by atoms with van der Waals surface area (Å²) in [5, 5.41) is 7.29. The maximum atomic E-state index is 13.9. The van der Waals surface area contributed by atoms with Crippen molar-refractivity contribution in [2.45, 2.75) is 13.1 Å². The minimum atomic E-state index is -0.342. The van der Waals surface area contributed by atoms with Gasteiger partial charge in [0.1, 0.15) is 11.7 Å². The van der Waals surface area contributed by atoms with Gasteiger partial charge in [-0.05, 0) is 25.2 Å². The highest BCUT2D eigenvalue weighted by Gasteiger charge is 2.08. The van der Waals surface area contributed by atoms with Crippen LogP contribution in [0.3, 0.4) is 0 Å². The summed E-state index contributed by atoms with van der Waals surface area (Å²) in [5.41, 5.74) is 7.25. The molecule has 0 fully saturated rings. The van der Waals surface area contributed by atoms with E-state index < -0.39 is 0 Å². The lowest BCUT2D eigenvalue weighted by Crippen LogP contribution is -2.19. The quantitative estimate of drug-likeness (QED) is 0.647. The fraction of sp³-hybridized carbons (Fsp3) is 0.200. The largest absolute Gasteiger partial charge is 0.384 e. The second-order valence-corrected chi connectivity index (χ2v) is 4.71. The van der Waals surface area contributed by atoms with E-state index in [-0.39, 0.29) is 11.7 Å². The number of halogens is 1. The standard InChI is InChI=1S/C15H17FN4/c1-20(10-13-4-2-3-7-19-13)9-12-6-5-11(15(17)18)8-14(12)16/h2-8H,9-10H2,1H3,(H3,17,18). The van der Waals surface area contributed by atoms with Crippen LogP contribution in [-0.4, -0.2) is 22.8 Å². The number of nitrogens with one attached hydrogen (secondary N) is 1. The average molecular weight is 272 g/mol. The normalized spacial score (nSPS) is 10.8. The van der Waals surface area contributed by atoms with Crippen LogP contribution in [0.2, 0.25) is 0 Å². The average Bonchev–Trinajstić information content (AvgIpc) is 2.42. The molecule has 1 aromatic heterocycles. The number of pyridine rings is 1. The molecular formula is C15H17FN4. The lowest BCUT2D eigenvalue weighted by Gasteiger charge is -2.17. The lowest BCUT2D eigenvalue weighted by molar-refractivity contribution is 0.310. The van der Waals surface area contributed by atoms with Gasteiger partial charge in [-0.1, -0.05) is 18.2 Å². The van der Waals surface area contributed by atoms with E-state index >= 15 is 0 Å². The molecule has 1 heterocycles. The molecule has 0 unspecified atom stereocenters. The van der Waals surface area contributed by atoms with Crippen molar-refractivity contribution in [1.82, 2.24) is 9.88 Å². The molecule has 0 aliphatic rings. The van der Waals surface area contributed by atoms with E-state index in [2.05, 4.69) is 4.98 Å². The Morgan fingerprint density at radius 2 is 2.10 bits per heavy atom. The van der Waals surface area contributed by atoms with Crippen LogP contribution in [0.5, 0.6) is 0 Å². The zero-order valence-electron chi connectivity index (χ0n) is 11.3. The van der Waals surface area contributed by atoms with Crippen molar-refractivity contribution >= 4 is 5.84 Å². The van der Waals surface area contributed by atoms with E-state index in [1.165, 1.54) is 6.07 Å². The van der Waals surface area contributed by atoms with Crippen LogP contribution in [0.15, 0.2) is 42.6 Å². The summed E-state index contributed by atoms with van der Waals surface area (Å²) in [6.07, 6.45) is 1.74. The number of hydrogen-bond donors (Lipinski definition) is 2. The molecule has 0 saturated heterocycles. The second kappa shape index (κ2) is 6.25. The summed E-state index contributed by atoms with van der Waals surface area (Å²) in [4.78, 5) is 6.22. The van der Waals surface area contributed by atoms with E-state index in [9.17, 15) is 4.39 Å². The summed E-state index contributed by atoms with van der Waals surface area (Å²) in [5.74, 6) is -0.470. The van der Waals surface area contributed by atoms with E-state index in [1.54, 1.807) is 18.3 Å². The summed E-state index contributed by atoms with van der Waals surface area (Å²) in [6.45, 7) is 1.12. The number of nitrogen functional groups attached to an aromatic ring is 1. The van der Waals surface area contributed by atoms with Crippen LogP contribution in [0.25, 0.3) is 0 Å². The molecule has 0 bridgehead atoms. The van der Waals surface area contributed by atoms with Gasteiger partial charge in [-0.15, -0.1) is 0 Å². The molecule has 3 N–H and O–H groups in total. The third kappa shape index (κ3) is 3.61. The van der Waals surface area contributed by atoms with Crippen molar-refractivity contribution in [2.24, 2.45) is 5.73 Å². The van der Waals surface area contributed by atoms with Gasteiger partial charge < -0.3 is 5.73 Å². The molecular weight excluding hydrogens is 255 g/mol. The van der Waals surface area contributed by atoms with Crippen LogP contribution in [-0.2, 0) is 13.1 Å². The first-order chi connectivity index (χ1) is 9.56. The Morgan fingerprint density at radius 1 is 1.30 bits per heavy atom. The van der Waals surface area contributed by atoms with Gasteiger partial charge in [-0.2, -0.15) is 0 Å². The molecule has 2 aromatic rings. The predicted molar refractivity (Wildman–Crippen MR) is 76.8 cm³/mol. The SMILES string of the molecule is CN(Cc1ccccn1)Cc1ccc(C(=N)N)cc1F. The summed E-state index contributed by atoms with van der Waals surface area (Å²) >= 11 is 0. The first kappa shape index (κ1) is 14.1. The zero-order chi connectivity index (χ0) is 14.5. The monoisotopic (exact) mass is 272 g/mol. The minimum absolute atomic E-state index is 0.128. The second-order valence-electron chi connectivity index (χ2n) is 4.71. The van der Waals surface area contributed by atoms with Gasteiger partial charge >= 0.3 is 0 Å². The first-order valence-corrected chi connectivity index (χ1v) is 6.27. The lowest BCUT2D eigenvalue weighted by atomic mass is 10.1. The van der Waals surface area contributed by atoms with Crippen LogP contribution in [0.1, 0.15) is 16.8 Å². The summed E-state index contributed by atoms with van der Waals surface area (Å²) < 4.78 is 13.9. The smallest absolute Gasteiger partial charge is 0.128 e. The van der Waals surface area contributed by atoms with Crippen LogP contribution < -0.4 is 5.73 Å². The number of hydrogen-bond acceptors (Lipinski definition) is 3. The molecule has 2 rings (SSSR count). The van der Waals surface area contributed by atoms with E-state index in [4.69, 9.17) is 11.1 Å². The van der Waals surface area contributed by atoms with Gasteiger partial charge in [0.2, 0.25) is 0 Å². The molecule has 0 amide bonds. The maximum absolute atomic E-state index is 13.9. The number of aromatic nitrogens is 1. The van der Waals surface area contributed by atoms with Crippen molar-refractivity contribution in [3.05, 3.63) is 65.2 Å². The molecule has 0 atom stereocenters. The van der Waals surface area contributed by atoms with Crippen molar-refractivity contribution in [3.63, 3.8) is 0 Å². The van der Waals surface area contributed by atoms with Gasteiger partial charge in [0.25, 0.3) is 0 Å². The van der Waals surface area contributed by atoms with Crippen molar-refractivity contribution in [2.75, 3.05) is 7.05 Å². The van der Waals surface area contributed by atoms with E-state index in [0.29, 0.717) is 24.2 Å². The van der Waals surface area contributed by atoms with Crippen LogP contribution in [0, 0.1) is 11.2 Å². The van der Waals surface area contributed by atoms with Crippen molar-refractivity contribution in [3.8, 4) is 0 Å². The number of nitrogens with two attached hydrogens (primary N) is 1. The third-order valence-corrected chi connectivity index (χ3v) is 2.96. The molecule has 1 aromatic carbocycles. The number of amidine groups is 1. The highest BCUT2D eigenvalue weighted by molar-refractivity contribution is 5.94. The maximum Gasteiger partial charge on any atom is 0.128 e. The molecule has 20 heavy (non-hydrogen) atoms. The molecule has 0 aliphatic heterocycles. The number of rotatable bonds is 5. The highest BCUT2D eigenvalue weighted by Crippen LogP contribution is 2.13. The predicted octanol–water partition coefficient (Wildman–Crippen LogP) is 2.14. The molecule has 0 spiro atoms. The van der Waals surface area contributed by atoms with E-state index in [0.717, 1.165) is 5.69 Å². The summed E-state index contributed by atoms with van der Waals surface area (Å²) in [7, 11) is 1.91. The van der Waals surface area contributed by atoms with Crippen LogP contribution in [0.4, 0.5) is 4.39 Å². The molecule has 5 heteroatoms.